The van der Waals surface area contributed by atoms with E-state index in [1.807, 2.05) is 29.5 Å². The zero-order valence-electron chi connectivity index (χ0n) is 11.7. The van der Waals surface area contributed by atoms with Crippen LogP contribution in [0.25, 0.3) is 0 Å². The van der Waals surface area contributed by atoms with Crippen molar-refractivity contribution in [1.29, 1.82) is 0 Å². The van der Waals surface area contributed by atoms with Crippen LogP contribution in [0.2, 0.25) is 0 Å². The van der Waals surface area contributed by atoms with Crippen molar-refractivity contribution in [3.63, 3.8) is 0 Å². The molecule has 102 valence electrons. The number of thiophene rings is 1. The monoisotopic (exact) mass is 274 g/mol. The van der Waals surface area contributed by atoms with Crippen LogP contribution in [0.15, 0.2) is 42.5 Å². The molecular formula is C17H22OS. The van der Waals surface area contributed by atoms with Crippen molar-refractivity contribution < 1.29 is 5.11 Å². The highest BCUT2D eigenvalue weighted by Gasteiger charge is 2.26. The summed E-state index contributed by atoms with van der Waals surface area (Å²) < 4.78 is 0. The van der Waals surface area contributed by atoms with Crippen LogP contribution in [-0.2, 0) is 19.3 Å². The topological polar surface area (TPSA) is 20.2 Å². The molecule has 0 aliphatic carbocycles. The molecule has 0 saturated carbocycles. The third kappa shape index (κ3) is 3.92. The highest BCUT2D eigenvalue weighted by atomic mass is 32.1. The molecular weight excluding hydrogens is 252 g/mol. The fraction of sp³-hybridized carbons (Fsp3) is 0.412. The van der Waals surface area contributed by atoms with E-state index in [-0.39, 0.29) is 0 Å². The second-order valence-electron chi connectivity index (χ2n) is 5.14. The normalized spacial score (nSPS) is 14.3. The summed E-state index contributed by atoms with van der Waals surface area (Å²) in [7, 11) is 0. The van der Waals surface area contributed by atoms with E-state index in [9.17, 15) is 5.11 Å². The first-order chi connectivity index (χ1) is 9.15. The first-order valence-corrected chi connectivity index (χ1v) is 7.81. The van der Waals surface area contributed by atoms with Gasteiger partial charge in [0.1, 0.15) is 0 Å². The van der Waals surface area contributed by atoms with E-state index in [2.05, 4.69) is 38.1 Å². The van der Waals surface area contributed by atoms with Gasteiger partial charge in [-0.2, -0.15) is 0 Å². The minimum Gasteiger partial charge on any atom is -0.389 e. The van der Waals surface area contributed by atoms with Crippen LogP contribution in [0, 0.1) is 0 Å². The predicted molar refractivity (Wildman–Crippen MR) is 82.8 cm³/mol. The molecule has 0 saturated heterocycles. The molecule has 0 amide bonds. The van der Waals surface area contributed by atoms with E-state index < -0.39 is 5.60 Å². The van der Waals surface area contributed by atoms with Crippen LogP contribution in [0.3, 0.4) is 0 Å². The highest BCUT2D eigenvalue weighted by Crippen LogP contribution is 2.26. The Kier molecular flexibility index (Phi) is 4.78. The van der Waals surface area contributed by atoms with Crippen LogP contribution < -0.4 is 0 Å². The van der Waals surface area contributed by atoms with Crippen LogP contribution >= 0.6 is 11.3 Å². The number of hydrogen-bond donors (Lipinski definition) is 1. The number of hydrogen-bond acceptors (Lipinski definition) is 2. The summed E-state index contributed by atoms with van der Waals surface area (Å²) in [6.07, 6.45) is 3.34. The molecule has 2 rings (SSSR count). The van der Waals surface area contributed by atoms with Gasteiger partial charge in [-0.05, 0) is 30.5 Å². The van der Waals surface area contributed by atoms with E-state index in [4.69, 9.17) is 0 Å². The van der Waals surface area contributed by atoms with Crippen molar-refractivity contribution in [2.45, 2.75) is 45.1 Å². The average Bonchev–Trinajstić information content (AvgIpc) is 2.87. The van der Waals surface area contributed by atoms with Gasteiger partial charge < -0.3 is 5.11 Å². The van der Waals surface area contributed by atoms with Gasteiger partial charge >= 0.3 is 0 Å². The largest absolute Gasteiger partial charge is 0.389 e. The Morgan fingerprint density at radius 1 is 0.947 bits per heavy atom. The van der Waals surface area contributed by atoms with Gasteiger partial charge in [-0.15, -0.1) is 11.3 Å². The Labute approximate surface area is 119 Å². The summed E-state index contributed by atoms with van der Waals surface area (Å²) in [4.78, 5) is 2.69. The van der Waals surface area contributed by atoms with Gasteiger partial charge in [-0.3, -0.25) is 0 Å². The van der Waals surface area contributed by atoms with Gasteiger partial charge in [-0.25, -0.2) is 0 Å². The Balaban J connectivity index is 2.09. The maximum Gasteiger partial charge on any atom is 0.0733 e. The number of aliphatic hydroxyl groups is 1. The summed E-state index contributed by atoms with van der Waals surface area (Å²) in [5, 5.41) is 10.8. The number of aryl methyl sites for hydroxylation is 1. The average molecular weight is 274 g/mol. The van der Waals surface area contributed by atoms with Crippen LogP contribution in [0.4, 0.5) is 0 Å². The quantitative estimate of drug-likeness (QED) is 0.835. The van der Waals surface area contributed by atoms with Gasteiger partial charge in [-0.1, -0.05) is 44.2 Å². The van der Waals surface area contributed by atoms with Gasteiger partial charge in [0.05, 0.1) is 5.60 Å². The molecule has 0 bridgehead atoms. The molecule has 1 heterocycles. The molecule has 1 unspecified atom stereocenters. The lowest BCUT2D eigenvalue weighted by molar-refractivity contribution is 0.0376. The maximum atomic E-state index is 10.8. The minimum absolute atomic E-state index is 0.628. The summed E-state index contributed by atoms with van der Waals surface area (Å²) in [5.74, 6) is 0. The molecule has 0 radical (unpaired) electrons. The van der Waals surface area contributed by atoms with Gasteiger partial charge in [0.25, 0.3) is 0 Å². The van der Waals surface area contributed by atoms with E-state index in [0.717, 1.165) is 25.7 Å². The van der Waals surface area contributed by atoms with Crippen LogP contribution in [0.1, 0.15) is 35.6 Å². The minimum atomic E-state index is -0.628. The van der Waals surface area contributed by atoms with Gasteiger partial charge in [0.2, 0.25) is 0 Å². The van der Waals surface area contributed by atoms with Crippen molar-refractivity contribution in [3.05, 3.63) is 57.8 Å². The third-order valence-corrected chi connectivity index (χ3v) is 4.83. The molecule has 19 heavy (non-hydrogen) atoms. The molecule has 1 aromatic heterocycles. The summed E-state index contributed by atoms with van der Waals surface area (Å²) >= 11 is 1.83. The lowest BCUT2D eigenvalue weighted by Gasteiger charge is -2.26. The maximum absolute atomic E-state index is 10.8. The van der Waals surface area contributed by atoms with E-state index in [1.54, 1.807) is 0 Å². The van der Waals surface area contributed by atoms with E-state index in [1.165, 1.54) is 15.3 Å². The van der Waals surface area contributed by atoms with Gasteiger partial charge in [0, 0.05) is 22.6 Å². The molecule has 0 aliphatic rings. The Morgan fingerprint density at radius 2 is 1.63 bits per heavy atom. The first-order valence-electron chi connectivity index (χ1n) is 6.99. The second kappa shape index (κ2) is 6.36. The first kappa shape index (κ1) is 14.3. The lowest BCUT2D eigenvalue weighted by Crippen LogP contribution is -2.33. The van der Waals surface area contributed by atoms with Crippen molar-refractivity contribution in [2.24, 2.45) is 0 Å². The standard InChI is InChI=1S/C17H22OS/c1-3-15-10-11-16(19-15)13-17(18,4-2)12-14-8-6-5-7-9-14/h5-11,18H,3-4,12-13H2,1-2H3. The van der Waals surface area contributed by atoms with E-state index in [0.29, 0.717) is 0 Å². The summed E-state index contributed by atoms with van der Waals surface area (Å²) in [6.45, 7) is 4.24. The van der Waals surface area contributed by atoms with Crippen molar-refractivity contribution >= 4 is 11.3 Å². The molecule has 0 spiro atoms. The van der Waals surface area contributed by atoms with E-state index >= 15 is 0 Å². The fourth-order valence-corrected chi connectivity index (χ4v) is 3.41. The molecule has 0 fully saturated rings. The molecule has 2 heteroatoms. The van der Waals surface area contributed by atoms with Crippen molar-refractivity contribution in [3.8, 4) is 0 Å². The third-order valence-electron chi connectivity index (χ3n) is 3.60. The highest BCUT2D eigenvalue weighted by molar-refractivity contribution is 7.12. The van der Waals surface area contributed by atoms with Gasteiger partial charge in [0.15, 0.2) is 0 Å². The zero-order valence-corrected chi connectivity index (χ0v) is 12.5. The lowest BCUT2D eigenvalue weighted by atomic mass is 9.88. The Morgan fingerprint density at radius 3 is 2.21 bits per heavy atom. The molecule has 1 atom stereocenters. The summed E-state index contributed by atoms with van der Waals surface area (Å²) in [5.41, 5.74) is 0.580. The van der Waals surface area contributed by atoms with Crippen LogP contribution in [0.5, 0.6) is 0 Å². The second-order valence-corrected chi connectivity index (χ2v) is 6.39. The number of rotatable bonds is 6. The van der Waals surface area contributed by atoms with Crippen molar-refractivity contribution in [2.75, 3.05) is 0 Å². The molecule has 0 aliphatic heterocycles. The smallest absolute Gasteiger partial charge is 0.0733 e. The molecule has 2 aromatic rings. The Bertz CT molecular complexity index is 503. The predicted octanol–water partition coefficient (Wildman–Crippen LogP) is 4.24. The molecule has 1 aromatic carbocycles. The number of benzene rings is 1. The SMILES string of the molecule is CCc1ccc(CC(O)(CC)Cc2ccccc2)s1. The molecule has 1 nitrogen and oxygen atoms in total. The van der Waals surface area contributed by atoms with Crippen molar-refractivity contribution in [1.82, 2.24) is 0 Å². The fourth-order valence-electron chi connectivity index (χ4n) is 2.32. The Hall–Kier alpha value is -1.12. The zero-order chi connectivity index (χ0) is 13.7. The summed E-state index contributed by atoms with van der Waals surface area (Å²) in [6, 6.07) is 14.6. The van der Waals surface area contributed by atoms with Crippen LogP contribution in [-0.4, -0.2) is 10.7 Å². The molecule has 1 N–H and O–H groups in total.